The fourth-order valence-corrected chi connectivity index (χ4v) is 18.2. The van der Waals surface area contributed by atoms with Crippen LogP contribution in [0.3, 0.4) is 0 Å². The summed E-state index contributed by atoms with van der Waals surface area (Å²) >= 11 is 0. The van der Waals surface area contributed by atoms with Crippen LogP contribution in [0.5, 0.6) is 0 Å². The first-order valence-corrected chi connectivity index (χ1v) is 40.3. The second-order valence-electron chi connectivity index (χ2n) is 30.9. The maximum Gasteiger partial charge on any atom is 0.143 e. The molecule has 2 heterocycles. The van der Waals surface area contributed by atoms with Crippen LogP contribution in [0, 0.1) is 6.92 Å². The first-order chi connectivity index (χ1) is 56.9. The monoisotopic (exact) mass is 1470 g/mol. The van der Waals surface area contributed by atoms with E-state index in [-0.39, 0.29) is 0 Å². The van der Waals surface area contributed by atoms with Crippen LogP contribution >= 0.6 is 0 Å². The van der Waals surface area contributed by atoms with Gasteiger partial charge in [-0.15, -0.1) is 0 Å². The molecule has 0 spiro atoms. The van der Waals surface area contributed by atoms with E-state index in [1.165, 1.54) is 115 Å². The molecule has 0 radical (unpaired) electrons. The van der Waals surface area contributed by atoms with E-state index in [1.807, 2.05) is 12.1 Å². The Labute approximate surface area is 670 Å². The molecule has 1 aliphatic carbocycles. The van der Waals surface area contributed by atoms with Crippen LogP contribution in [0.1, 0.15) is 49.1 Å². The van der Waals surface area contributed by atoms with Gasteiger partial charge < -0.3 is 18.6 Å². The van der Waals surface area contributed by atoms with Crippen LogP contribution in [-0.4, -0.2) is 0 Å². The highest BCUT2D eigenvalue weighted by atomic mass is 16.3. The summed E-state index contributed by atoms with van der Waals surface area (Å²) in [7, 11) is 0. The standard InChI is InChI=1S/C111H80N2O2/c1-73-37-70-98-87(71-73)23-11-25-95(98)82-42-38-75(39-43-82)78-48-62-91(63-49-78)113(93-66-54-84(55-67-93)100-29-14-33-105-104-24-8-9-35-107(104)114-110(100)105)92-64-52-80(53-65-92)86-21-10-22-88(72-86)99-28-16-36-108-109(99)106-34-15-30-101(111(106)115-108)85-56-68-94(69-57-85)112(89-58-46-77(47-59-89)74-17-4-2-5-18-74)90-60-50-79(51-61-90)76-40-44-83(45-41-76)97-27-13-31-102-96(26-12-32-103(97)102)81-19-6-3-7-20-81/h2,4-5,8-18,21-72,81H,3,6-7,19-20H2,1H3. The Bertz CT molecular complexity index is 6990. The van der Waals surface area contributed by atoms with Crippen molar-refractivity contribution >= 4 is 99.5 Å². The molecule has 115 heavy (non-hydrogen) atoms. The molecule has 0 bridgehead atoms. The largest absolute Gasteiger partial charge is 0.455 e. The van der Waals surface area contributed by atoms with Crippen molar-refractivity contribution in [3.63, 3.8) is 0 Å². The van der Waals surface area contributed by atoms with E-state index >= 15 is 0 Å². The van der Waals surface area contributed by atoms with Crippen LogP contribution in [0.15, 0.2) is 409 Å². The summed E-state index contributed by atoms with van der Waals surface area (Å²) in [6, 6.07) is 146. The zero-order chi connectivity index (χ0) is 76.3. The number of furan rings is 2. The minimum absolute atomic E-state index is 0.650. The summed E-state index contributed by atoms with van der Waals surface area (Å²) in [6.07, 6.45) is 6.60. The quantitative estimate of drug-likeness (QED) is 0.0965. The first kappa shape index (κ1) is 68.7. The summed E-state index contributed by atoms with van der Waals surface area (Å²) < 4.78 is 13.5. The Kier molecular flexibility index (Phi) is 17.6. The highest BCUT2D eigenvalue weighted by Crippen LogP contribution is 2.47. The molecule has 18 aromatic carbocycles. The van der Waals surface area contributed by atoms with Gasteiger partial charge in [-0.05, 0) is 233 Å². The van der Waals surface area contributed by atoms with E-state index < -0.39 is 0 Å². The Morgan fingerprint density at radius 2 is 0.591 bits per heavy atom. The molecule has 21 rings (SSSR count). The van der Waals surface area contributed by atoms with E-state index in [4.69, 9.17) is 8.83 Å². The second kappa shape index (κ2) is 29.4. The van der Waals surface area contributed by atoms with Crippen LogP contribution in [0.25, 0.3) is 166 Å². The van der Waals surface area contributed by atoms with Gasteiger partial charge in [0.05, 0.1) is 0 Å². The van der Waals surface area contributed by atoms with Crippen molar-refractivity contribution in [2.45, 2.75) is 44.9 Å². The summed E-state index contributed by atoms with van der Waals surface area (Å²) in [4.78, 5) is 4.71. The number of benzene rings is 18. The molecule has 0 aliphatic heterocycles. The van der Waals surface area contributed by atoms with Gasteiger partial charge in [-0.2, -0.15) is 0 Å². The van der Waals surface area contributed by atoms with E-state index in [0.717, 1.165) is 128 Å². The zero-order valence-electron chi connectivity index (χ0n) is 63.9. The third kappa shape index (κ3) is 12.9. The molecular weight excluding hydrogens is 1390 g/mol. The predicted molar refractivity (Wildman–Crippen MR) is 485 cm³/mol. The molecule has 1 saturated carbocycles. The molecule has 0 saturated heterocycles. The van der Waals surface area contributed by atoms with Gasteiger partial charge in [-0.1, -0.05) is 334 Å². The highest BCUT2D eigenvalue weighted by Gasteiger charge is 2.23. The third-order valence-corrected chi connectivity index (χ3v) is 24.0. The Hall–Kier alpha value is -14.3. The number of hydrogen-bond acceptors (Lipinski definition) is 4. The van der Waals surface area contributed by atoms with Crippen molar-refractivity contribution in [2.75, 3.05) is 9.80 Å². The molecule has 546 valence electrons. The van der Waals surface area contributed by atoms with Gasteiger partial charge >= 0.3 is 0 Å². The number of aryl methyl sites for hydroxylation is 1. The molecule has 4 nitrogen and oxygen atoms in total. The van der Waals surface area contributed by atoms with Crippen molar-refractivity contribution in [1.82, 2.24) is 0 Å². The fraction of sp³-hybridized carbons (Fsp3) is 0.0631. The van der Waals surface area contributed by atoms with E-state index in [9.17, 15) is 0 Å². The van der Waals surface area contributed by atoms with Crippen molar-refractivity contribution in [1.29, 1.82) is 0 Å². The lowest BCUT2D eigenvalue weighted by molar-refractivity contribution is 0.445. The Balaban J connectivity index is 0.571. The molecule has 1 aliphatic rings. The van der Waals surface area contributed by atoms with Crippen LogP contribution in [0.2, 0.25) is 0 Å². The van der Waals surface area contributed by atoms with Gasteiger partial charge in [0.15, 0.2) is 0 Å². The molecule has 4 heteroatoms. The van der Waals surface area contributed by atoms with Gasteiger partial charge in [0, 0.05) is 66.8 Å². The number of hydrogen-bond donors (Lipinski definition) is 0. The van der Waals surface area contributed by atoms with Gasteiger partial charge in [0.1, 0.15) is 22.3 Å². The molecule has 0 atom stereocenters. The molecule has 20 aromatic rings. The molecule has 0 unspecified atom stereocenters. The number of para-hydroxylation sites is 3. The van der Waals surface area contributed by atoms with Crippen molar-refractivity contribution in [3.8, 4) is 100 Å². The average molecular weight is 1470 g/mol. The number of fused-ring (bicyclic) bond motifs is 8. The van der Waals surface area contributed by atoms with Gasteiger partial charge in [0.25, 0.3) is 0 Å². The van der Waals surface area contributed by atoms with Crippen molar-refractivity contribution in [2.24, 2.45) is 0 Å². The molecule has 2 aromatic heterocycles. The van der Waals surface area contributed by atoms with Gasteiger partial charge in [-0.3, -0.25) is 0 Å². The van der Waals surface area contributed by atoms with Crippen molar-refractivity contribution < 1.29 is 8.83 Å². The number of rotatable bonds is 16. The fourth-order valence-electron chi connectivity index (χ4n) is 18.2. The zero-order valence-corrected chi connectivity index (χ0v) is 63.9. The second-order valence-corrected chi connectivity index (χ2v) is 30.9. The molecule has 0 amide bonds. The first-order valence-electron chi connectivity index (χ1n) is 40.3. The van der Waals surface area contributed by atoms with E-state index in [0.29, 0.717) is 5.92 Å². The Morgan fingerprint density at radius 3 is 1.17 bits per heavy atom. The number of anilines is 6. The lowest BCUT2D eigenvalue weighted by atomic mass is 9.81. The summed E-state index contributed by atoms with van der Waals surface area (Å²) in [5, 5.41) is 9.67. The minimum Gasteiger partial charge on any atom is -0.455 e. The van der Waals surface area contributed by atoms with Gasteiger partial charge in [-0.25, -0.2) is 0 Å². The van der Waals surface area contributed by atoms with E-state index in [1.54, 1.807) is 0 Å². The Morgan fingerprint density at radius 1 is 0.226 bits per heavy atom. The maximum atomic E-state index is 7.01. The predicted octanol–water partition coefficient (Wildman–Crippen LogP) is 32.1. The summed E-state index contributed by atoms with van der Waals surface area (Å²) in [6.45, 7) is 2.15. The lowest BCUT2D eigenvalue weighted by Gasteiger charge is -2.26. The molecule has 1 fully saturated rings. The summed E-state index contributed by atoms with van der Waals surface area (Å²) in [5.41, 5.74) is 33.4. The highest BCUT2D eigenvalue weighted by molar-refractivity contribution is 6.16. The van der Waals surface area contributed by atoms with Crippen LogP contribution in [-0.2, 0) is 0 Å². The van der Waals surface area contributed by atoms with Crippen LogP contribution in [0.4, 0.5) is 34.1 Å². The molecular formula is C111H80N2O2. The van der Waals surface area contributed by atoms with Gasteiger partial charge in [0.2, 0.25) is 0 Å². The normalized spacial score (nSPS) is 12.5. The third-order valence-electron chi connectivity index (χ3n) is 24.0. The minimum atomic E-state index is 0.650. The summed E-state index contributed by atoms with van der Waals surface area (Å²) in [5.74, 6) is 0.650. The smallest absolute Gasteiger partial charge is 0.143 e. The SMILES string of the molecule is Cc1ccc2c(-c3ccc(-c4ccc(N(c5ccc(-c6cccc(-c7cccc8oc9c(-c%10ccc(N(c%11ccc(-c%12ccccc%12)cc%11)c%11ccc(-c%12ccc(-c%13cccc%14c(C%15CCCCC%15)cccc%13%14)cc%12)cc%11)cc%10)cccc9c78)c6)cc5)c5ccc(-c6cccc7c6oc6ccccc67)cc5)cc4)cc3)cccc2c1. The average Bonchev–Trinajstić information content (AvgIpc) is 1.68. The molecule has 0 N–H and O–H groups in total. The number of nitrogens with zero attached hydrogens (tertiary/aromatic N) is 2. The maximum absolute atomic E-state index is 7.01. The van der Waals surface area contributed by atoms with E-state index in [2.05, 4.69) is 405 Å². The topological polar surface area (TPSA) is 32.8 Å². The van der Waals surface area contributed by atoms with Crippen molar-refractivity contribution in [3.05, 3.63) is 412 Å². The lowest BCUT2D eigenvalue weighted by Crippen LogP contribution is -2.09. The van der Waals surface area contributed by atoms with Crippen LogP contribution < -0.4 is 9.80 Å².